The summed E-state index contributed by atoms with van der Waals surface area (Å²) in [6, 6.07) is 0. The fourth-order valence-corrected chi connectivity index (χ4v) is 3.64. The van der Waals surface area contributed by atoms with Crippen LogP contribution in [0.5, 0.6) is 0 Å². The second kappa shape index (κ2) is 6.63. The van der Waals surface area contributed by atoms with Crippen molar-refractivity contribution < 1.29 is 24.5 Å². The van der Waals surface area contributed by atoms with E-state index in [0.29, 0.717) is 0 Å². The zero-order valence-electron chi connectivity index (χ0n) is 10.2. The summed E-state index contributed by atoms with van der Waals surface area (Å²) in [7, 11) is 0. The van der Waals surface area contributed by atoms with Crippen molar-refractivity contribution in [1.82, 2.24) is 0 Å². The van der Waals surface area contributed by atoms with E-state index < -0.39 is 50.0 Å². The van der Waals surface area contributed by atoms with Gasteiger partial charge in [-0.1, -0.05) is 69.6 Å². The van der Waals surface area contributed by atoms with Crippen LogP contribution in [0.1, 0.15) is 19.3 Å². The van der Waals surface area contributed by atoms with Crippen molar-refractivity contribution in [3.63, 3.8) is 0 Å². The number of hydrogen-bond donors (Lipinski definition) is 2. The molecule has 1 rings (SSSR count). The van der Waals surface area contributed by atoms with E-state index in [1.165, 1.54) is 0 Å². The molecule has 5 nitrogen and oxygen atoms in total. The molecule has 0 amide bonds. The zero-order chi connectivity index (χ0) is 16.6. The van der Waals surface area contributed by atoms with E-state index in [0.717, 1.165) is 0 Å². The summed E-state index contributed by atoms with van der Waals surface area (Å²) in [5, 5.41) is 18.3. The van der Waals surface area contributed by atoms with Crippen LogP contribution in [0.3, 0.4) is 0 Å². The van der Waals surface area contributed by atoms with E-state index in [-0.39, 0.29) is 6.42 Å². The van der Waals surface area contributed by atoms with E-state index >= 15 is 0 Å². The molecule has 2 N–H and O–H groups in total. The van der Waals surface area contributed by atoms with Crippen molar-refractivity contribution >= 4 is 81.5 Å². The summed E-state index contributed by atoms with van der Waals surface area (Å²) >= 11 is 34.1. The third kappa shape index (κ3) is 5.98. The van der Waals surface area contributed by atoms with Crippen molar-refractivity contribution in [2.45, 2.75) is 39.1 Å². The molecule has 0 aromatic rings. The Morgan fingerprint density at radius 3 is 1.67 bits per heavy atom. The van der Waals surface area contributed by atoms with Gasteiger partial charge in [0.25, 0.3) is 0 Å². The molecule has 1 saturated heterocycles. The number of carbonyl (C=O) groups is 2. The summed E-state index contributed by atoms with van der Waals surface area (Å²) in [6.45, 7) is 0. The molecule has 0 aromatic heterocycles. The SMILES string of the molecule is O=C(O)CC1OC1C(CC(Cl)(Cl)Cl)(CC(Cl)(Cl)Cl)C(=O)O. The van der Waals surface area contributed by atoms with Gasteiger partial charge in [-0.15, -0.1) is 0 Å². The molecule has 0 radical (unpaired) electrons. The largest absolute Gasteiger partial charge is 0.481 e. The second-order valence-electron chi connectivity index (χ2n) is 4.74. The Kier molecular flexibility index (Phi) is 6.22. The van der Waals surface area contributed by atoms with Crippen molar-refractivity contribution in [2.75, 3.05) is 0 Å². The lowest BCUT2D eigenvalue weighted by molar-refractivity contribution is -0.151. The molecule has 1 fully saturated rings. The molecule has 2 unspecified atom stereocenters. The average Bonchev–Trinajstić information content (AvgIpc) is 2.90. The third-order valence-electron chi connectivity index (χ3n) is 2.96. The first kappa shape index (κ1) is 19.7. The number of epoxide rings is 1. The third-order valence-corrected chi connectivity index (χ3v) is 3.76. The molecule has 0 aromatic carbocycles. The van der Waals surface area contributed by atoms with Crippen molar-refractivity contribution in [3.8, 4) is 0 Å². The highest BCUT2D eigenvalue weighted by Crippen LogP contribution is 2.55. The van der Waals surface area contributed by atoms with Gasteiger partial charge >= 0.3 is 11.9 Å². The van der Waals surface area contributed by atoms with Crippen LogP contribution in [0, 0.1) is 5.41 Å². The first-order valence-electron chi connectivity index (χ1n) is 5.51. The van der Waals surface area contributed by atoms with Gasteiger partial charge in [0.2, 0.25) is 0 Å². The van der Waals surface area contributed by atoms with Crippen LogP contribution >= 0.6 is 69.6 Å². The Bertz CT molecular complexity index is 413. The first-order chi connectivity index (χ1) is 9.27. The lowest BCUT2D eigenvalue weighted by Crippen LogP contribution is -2.44. The number of alkyl halides is 6. The van der Waals surface area contributed by atoms with E-state index in [9.17, 15) is 14.7 Å². The minimum absolute atomic E-state index is 0.389. The van der Waals surface area contributed by atoms with E-state index in [1.807, 2.05) is 0 Å². The van der Waals surface area contributed by atoms with Crippen LogP contribution in [0.15, 0.2) is 0 Å². The summed E-state index contributed by atoms with van der Waals surface area (Å²) in [4.78, 5) is 22.4. The number of carboxylic acid groups (broad SMARTS) is 2. The average molecular weight is 423 g/mol. The molecule has 2 atom stereocenters. The number of carboxylic acids is 2. The monoisotopic (exact) mass is 420 g/mol. The minimum Gasteiger partial charge on any atom is -0.481 e. The zero-order valence-corrected chi connectivity index (χ0v) is 14.7. The molecule has 122 valence electrons. The molecule has 0 bridgehead atoms. The summed E-state index contributed by atoms with van der Waals surface area (Å²) in [5.74, 6) is -2.54. The molecule has 11 heteroatoms. The topological polar surface area (TPSA) is 87.1 Å². The molecule has 1 heterocycles. The first-order valence-corrected chi connectivity index (χ1v) is 7.78. The highest BCUT2D eigenvalue weighted by atomic mass is 35.6. The lowest BCUT2D eigenvalue weighted by atomic mass is 9.77. The smallest absolute Gasteiger partial charge is 0.312 e. The maximum atomic E-state index is 11.7. The van der Waals surface area contributed by atoms with Gasteiger partial charge in [0, 0.05) is 12.8 Å². The van der Waals surface area contributed by atoms with E-state index in [2.05, 4.69) is 0 Å². The van der Waals surface area contributed by atoms with E-state index in [4.69, 9.17) is 79.4 Å². The predicted octanol–water partition coefficient (Wildman–Crippen LogP) is 3.82. The molecule has 0 spiro atoms. The minimum atomic E-state index is -1.94. The Morgan fingerprint density at radius 2 is 1.38 bits per heavy atom. The second-order valence-corrected chi connectivity index (χ2v) is 9.77. The molecular weight excluding hydrogens is 413 g/mol. The van der Waals surface area contributed by atoms with Crippen LogP contribution in [0.25, 0.3) is 0 Å². The van der Waals surface area contributed by atoms with Crippen LogP contribution in [0.2, 0.25) is 0 Å². The number of ether oxygens (including phenoxy) is 1. The highest BCUT2D eigenvalue weighted by molar-refractivity contribution is 6.68. The van der Waals surface area contributed by atoms with Crippen molar-refractivity contribution in [1.29, 1.82) is 0 Å². The van der Waals surface area contributed by atoms with Gasteiger partial charge in [-0.3, -0.25) is 9.59 Å². The molecule has 1 aliphatic rings. The van der Waals surface area contributed by atoms with Crippen LogP contribution in [-0.2, 0) is 14.3 Å². The van der Waals surface area contributed by atoms with Gasteiger partial charge in [0.15, 0.2) is 7.59 Å². The Hall–Kier alpha value is 0.640. The van der Waals surface area contributed by atoms with Gasteiger partial charge in [0.05, 0.1) is 12.5 Å². The normalized spacial score (nSPS) is 23.0. The predicted molar refractivity (Wildman–Crippen MR) is 80.8 cm³/mol. The maximum Gasteiger partial charge on any atom is 0.312 e. The van der Waals surface area contributed by atoms with Gasteiger partial charge in [-0.25, -0.2) is 0 Å². The summed E-state index contributed by atoms with van der Waals surface area (Å²) in [5.41, 5.74) is -1.82. The number of aliphatic carboxylic acids is 2. The Balaban J connectivity index is 3.08. The fourth-order valence-electron chi connectivity index (χ4n) is 2.21. The number of rotatable bonds is 6. The quantitative estimate of drug-likeness (QED) is 0.502. The van der Waals surface area contributed by atoms with Gasteiger partial charge in [-0.2, -0.15) is 0 Å². The number of hydrogen-bond acceptors (Lipinski definition) is 3. The van der Waals surface area contributed by atoms with E-state index in [1.54, 1.807) is 0 Å². The molecule has 0 saturated carbocycles. The molecule has 21 heavy (non-hydrogen) atoms. The summed E-state index contributed by atoms with van der Waals surface area (Å²) < 4.78 is 1.26. The molecular formula is C10H10Cl6O5. The van der Waals surface area contributed by atoms with Gasteiger partial charge in [-0.05, 0) is 0 Å². The highest BCUT2D eigenvalue weighted by Gasteiger charge is 2.63. The lowest BCUT2D eigenvalue weighted by Gasteiger charge is -2.33. The van der Waals surface area contributed by atoms with Crippen LogP contribution in [0.4, 0.5) is 0 Å². The molecule has 0 aliphatic carbocycles. The van der Waals surface area contributed by atoms with Crippen LogP contribution in [-0.4, -0.2) is 41.9 Å². The van der Waals surface area contributed by atoms with Gasteiger partial charge < -0.3 is 14.9 Å². The van der Waals surface area contributed by atoms with Crippen molar-refractivity contribution in [2.24, 2.45) is 5.41 Å². The molecule has 1 aliphatic heterocycles. The Labute approximate surface area is 150 Å². The maximum absolute atomic E-state index is 11.7. The van der Waals surface area contributed by atoms with Gasteiger partial charge in [0.1, 0.15) is 11.5 Å². The van der Waals surface area contributed by atoms with Crippen molar-refractivity contribution in [3.05, 3.63) is 0 Å². The van der Waals surface area contributed by atoms with Crippen LogP contribution < -0.4 is 0 Å². The standard InChI is InChI=1S/C10H10Cl6O5/c11-9(12,13)2-8(7(19)20,3-10(14,15)16)6-4(21-6)1-5(17)18/h4,6H,1-3H2,(H,17,18)(H,19,20). The number of halogens is 6. The summed E-state index contributed by atoms with van der Waals surface area (Å²) in [6.07, 6.45) is -3.22. The Morgan fingerprint density at radius 1 is 0.952 bits per heavy atom. The fraction of sp³-hybridized carbons (Fsp3) is 0.800.